The van der Waals surface area contributed by atoms with Gasteiger partial charge < -0.3 is 5.11 Å². The average Bonchev–Trinajstić information content (AvgIpc) is 1.94. The molecule has 0 radical (unpaired) electrons. The molecular weight excluding hydrogens is 210 g/mol. The lowest BCUT2D eigenvalue weighted by molar-refractivity contribution is -0.140. The molecule has 0 bridgehead atoms. The molecule has 90 valence electrons. The molecule has 4 heteroatoms. The summed E-state index contributed by atoms with van der Waals surface area (Å²) in [5, 5.41) is 12.0. The van der Waals surface area contributed by atoms with E-state index < -0.39 is 12.0 Å². The van der Waals surface area contributed by atoms with Crippen molar-refractivity contribution in [1.82, 2.24) is 5.32 Å². The van der Waals surface area contributed by atoms with Gasteiger partial charge in [0.2, 0.25) is 0 Å². The van der Waals surface area contributed by atoms with Gasteiger partial charge in [0, 0.05) is 10.8 Å². The van der Waals surface area contributed by atoms with Gasteiger partial charge >= 0.3 is 5.97 Å². The highest BCUT2D eigenvalue weighted by atomic mass is 32.1. The van der Waals surface area contributed by atoms with Crippen LogP contribution in [0.3, 0.4) is 0 Å². The van der Waals surface area contributed by atoms with Crippen LogP contribution in [0.5, 0.6) is 0 Å². The normalized spacial score (nSPS) is 17.3. The Morgan fingerprint density at radius 1 is 1.20 bits per heavy atom. The summed E-state index contributed by atoms with van der Waals surface area (Å²) in [4.78, 5) is 11.2. The van der Waals surface area contributed by atoms with Crippen molar-refractivity contribution in [2.75, 3.05) is 0 Å². The zero-order chi connectivity index (χ0) is 12.4. The van der Waals surface area contributed by atoms with Gasteiger partial charge in [-0.05, 0) is 26.2 Å². The number of nitrogens with one attached hydrogen (secondary N) is 1. The van der Waals surface area contributed by atoms with Crippen molar-refractivity contribution in [3.05, 3.63) is 0 Å². The van der Waals surface area contributed by atoms with Gasteiger partial charge in [0.05, 0.1) is 0 Å². The average molecular weight is 233 g/mol. The number of rotatable bonds is 3. The minimum absolute atomic E-state index is 0.148. The van der Waals surface area contributed by atoms with Crippen molar-refractivity contribution in [3.8, 4) is 0 Å². The van der Waals surface area contributed by atoms with Gasteiger partial charge in [-0.15, -0.1) is 0 Å². The molecule has 0 aromatic rings. The fourth-order valence-corrected chi connectivity index (χ4v) is 1.44. The van der Waals surface area contributed by atoms with Crippen molar-refractivity contribution in [2.45, 2.75) is 58.4 Å². The van der Waals surface area contributed by atoms with E-state index in [9.17, 15) is 4.79 Å². The fraction of sp³-hybridized carbons (Fsp3) is 0.909. The molecule has 0 aliphatic carbocycles. The van der Waals surface area contributed by atoms with Crippen molar-refractivity contribution in [2.24, 2.45) is 5.41 Å². The molecule has 0 saturated heterocycles. The molecule has 0 aliphatic heterocycles. The summed E-state index contributed by atoms with van der Waals surface area (Å²) in [6.45, 7) is 11.8. The third-order valence-corrected chi connectivity index (χ3v) is 3.13. The van der Waals surface area contributed by atoms with Gasteiger partial charge in [-0.25, -0.2) is 0 Å². The second kappa shape index (κ2) is 4.74. The van der Waals surface area contributed by atoms with Crippen LogP contribution in [0.2, 0.25) is 0 Å². The lowest BCUT2D eigenvalue weighted by Gasteiger charge is -2.35. The van der Waals surface area contributed by atoms with Gasteiger partial charge in [0.15, 0.2) is 0 Å². The predicted octanol–water partition coefficient (Wildman–Crippen LogP) is 2.17. The predicted molar refractivity (Wildman–Crippen MR) is 66.5 cm³/mol. The molecule has 0 aliphatic rings. The van der Waals surface area contributed by atoms with Crippen LogP contribution >= 0.6 is 12.6 Å². The molecule has 0 rings (SSSR count). The topological polar surface area (TPSA) is 49.3 Å². The Morgan fingerprint density at radius 3 is 1.80 bits per heavy atom. The fourth-order valence-electron chi connectivity index (χ4n) is 1.24. The van der Waals surface area contributed by atoms with Crippen molar-refractivity contribution < 1.29 is 9.90 Å². The van der Waals surface area contributed by atoms with E-state index >= 15 is 0 Å². The number of carboxylic acids is 1. The number of hydrogen-bond donors (Lipinski definition) is 3. The highest BCUT2D eigenvalue weighted by molar-refractivity contribution is 7.81. The van der Waals surface area contributed by atoms with Crippen LogP contribution in [-0.4, -0.2) is 27.9 Å². The second-order valence-electron chi connectivity index (χ2n) is 6.02. The Morgan fingerprint density at radius 2 is 1.60 bits per heavy atom. The zero-order valence-electron chi connectivity index (χ0n) is 10.5. The first-order valence-corrected chi connectivity index (χ1v) is 5.65. The van der Waals surface area contributed by atoms with Crippen molar-refractivity contribution in [1.29, 1.82) is 0 Å². The maximum absolute atomic E-state index is 11.2. The number of hydrogen-bond acceptors (Lipinski definition) is 3. The Labute approximate surface area is 98.0 Å². The Kier molecular flexibility index (Phi) is 4.67. The van der Waals surface area contributed by atoms with E-state index in [2.05, 4.69) is 17.9 Å². The van der Waals surface area contributed by atoms with Gasteiger partial charge in [-0.2, -0.15) is 12.6 Å². The Balaban J connectivity index is 4.76. The maximum atomic E-state index is 11.2. The molecule has 2 N–H and O–H groups in total. The largest absolute Gasteiger partial charge is 0.480 e. The summed E-state index contributed by atoms with van der Waals surface area (Å²) in [5.74, 6) is -0.847. The van der Waals surface area contributed by atoms with Crippen LogP contribution in [0.1, 0.15) is 41.5 Å². The van der Waals surface area contributed by atoms with Crippen molar-refractivity contribution >= 4 is 18.6 Å². The summed E-state index contributed by atoms with van der Waals surface area (Å²) in [7, 11) is 0. The first kappa shape index (κ1) is 14.8. The highest BCUT2D eigenvalue weighted by Crippen LogP contribution is 2.27. The van der Waals surface area contributed by atoms with Crippen LogP contribution in [-0.2, 0) is 4.79 Å². The molecule has 3 nitrogen and oxygen atoms in total. The summed E-state index contributed by atoms with van der Waals surface area (Å²) in [6.07, 6.45) is 0. The Hall–Kier alpha value is -0.220. The standard InChI is InChI=1S/C11H23NO2S/c1-10(2,3)8(15)7(9(13)14)12-11(4,5)6/h7-8,12,15H,1-6H3,(H,13,14)/t7-,8?/m0/s1. The summed E-state index contributed by atoms with van der Waals surface area (Å²) < 4.78 is 0. The summed E-state index contributed by atoms with van der Waals surface area (Å²) >= 11 is 4.41. The molecule has 0 heterocycles. The van der Waals surface area contributed by atoms with Gasteiger partial charge in [0.1, 0.15) is 6.04 Å². The lowest BCUT2D eigenvalue weighted by Crippen LogP contribution is -2.55. The van der Waals surface area contributed by atoms with Gasteiger partial charge in [0.25, 0.3) is 0 Å². The van der Waals surface area contributed by atoms with Crippen molar-refractivity contribution in [3.63, 3.8) is 0 Å². The van der Waals surface area contributed by atoms with Crippen LogP contribution in [0.15, 0.2) is 0 Å². The smallest absolute Gasteiger partial charge is 0.321 e. The molecule has 2 atom stereocenters. The van der Waals surface area contributed by atoms with E-state index in [1.807, 2.05) is 41.5 Å². The van der Waals surface area contributed by atoms with E-state index in [1.165, 1.54) is 0 Å². The molecule has 0 aromatic carbocycles. The van der Waals surface area contributed by atoms with Crippen LogP contribution in [0.25, 0.3) is 0 Å². The maximum Gasteiger partial charge on any atom is 0.321 e. The quantitative estimate of drug-likeness (QED) is 0.655. The molecule has 0 fully saturated rings. The van der Waals surface area contributed by atoms with E-state index in [-0.39, 0.29) is 16.2 Å². The molecule has 0 saturated carbocycles. The zero-order valence-corrected chi connectivity index (χ0v) is 11.4. The second-order valence-corrected chi connectivity index (χ2v) is 6.58. The number of carbonyl (C=O) groups is 1. The monoisotopic (exact) mass is 233 g/mol. The molecule has 0 spiro atoms. The Bertz CT molecular complexity index is 228. The number of aliphatic carboxylic acids is 1. The van der Waals surface area contributed by atoms with Crippen LogP contribution < -0.4 is 5.32 Å². The molecule has 1 unspecified atom stereocenters. The minimum atomic E-state index is -0.847. The van der Waals surface area contributed by atoms with E-state index in [1.54, 1.807) is 0 Å². The van der Waals surface area contributed by atoms with Gasteiger partial charge in [-0.1, -0.05) is 20.8 Å². The molecule has 0 amide bonds. The number of thiol groups is 1. The lowest BCUT2D eigenvalue weighted by atomic mass is 9.86. The van der Waals surface area contributed by atoms with E-state index in [0.717, 1.165) is 0 Å². The summed E-state index contributed by atoms with van der Waals surface area (Å²) in [5.41, 5.74) is -0.375. The third-order valence-electron chi connectivity index (χ3n) is 2.06. The molecule has 0 aromatic heterocycles. The minimum Gasteiger partial charge on any atom is -0.480 e. The summed E-state index contributed by atoms with van der Waals surface area (Å²) in [6, 6.07) is -0.631. The molecular formula is C11H23NO2S. The first-order chi connectivity index (χ1) is 6.45. The SMILES string of the molecule is CC(C)(C)N[C@H](C(=O)O)C(S)C(C)(C)C. The highest BCUT2D eigenvalue weighted by Gasteiger charge is 2.36. The number of carboxylic acid groups (broad SMARTS) is 1. The molecule has 15 heavy (non-hydrogen) atoms. The third kappa shape index (κ3) is 5.42. The van der Waals surface area contributed by atoms with Gasteiger partial charge in [-0.3, -0.25) is 10.1 Å². The first-order valence-electron chi connectivity index (χ1n) is 5.14. The van der Waals surface area contributed by atoms with E-state index in [4.69, 9.17) is 5.11 Å². The van der Waals surface area contributed by atoms with Crippen LogP contribution in [0, 0.1) is 5.41 Å². The van der Waals surface area contributed by atoms with E-state index in [0.29, 0.717) is 0 Å². The van der Waals surface area contributed by atoms with Crippen LogP contribution in [0.4, 0.5) is 0 Å².